The number of halogens is 3. The number of thioether (sulfide) groups is 1. The van der Waals surface area contributed by atoms with Crippen LogP contribution in [0.5, 0.6) is 5.88 Å². The number of aromatic nitrogens is 5. The molecule has 1 aliphatic heterocycles. The number of amidine groups is 1. The standard InChI is InChI=1S/C23H19F3N8O2S/c1-22(14-7-23(14,20(25)26)37-21(27)34-22)12-6-11(8-31-18(12)24)32-19-17-13(2-3-29-19)33-15(9-30-17)36-10-16-28-4-5-35-16/h2-6,8-9,14,20H,7,10H2,1H3,(H2,27,34)(H,29,32)/t14-,22-,23-/m0/s1. The van der Waals surface area contributed by atoms with Crippen molar-refractivity contribution in [2.24, 2.45) is 16.6 Å². The van der Waals surface area contributed by atoms with Gasteiger partial charge in [0, 0.05) is 17.7 Å². The van der Waals surface area contributed by atoms with Crippen molar-refractivity contribution in [3.63, 3.8) is 0 Å². The number of rotatable bonds is 7. The highest BCUT2D eigenvalue weighted by Gasteiger charge is 2.71. The van der Waals surface area contributed by atoms with Crippen molar-refractivity contribution >= 4 is 39.5 Å². The number of aliphatic imine (C=N–C) groups is 1. The lowest BCUT2D eigenvalue weighted by molar-refractivity contribution is 0.123. The Balaban J connectivity index is 1.29. The molecule has 0 amide bonds. The van der Waals surface area contributed by atoms with E-state index in [1.807, 2.05) is 0 Å². The fraction of sp³-hybridized carbons (Fsp3) is 0.304. The van der Waals surface area contributed by atoms with Gasteiger partial charge in [-0.15, -0.1) is 0 Å². The van der Waals surface area contributed by atoms with E-state index in [-0.39, 0.29) is 29.6 Å². The average molecular weight is 529 g/mol. The molecule has 0 spiro atoms. The number of alkyl halides is 2. The smallest absolute Gasteiger partial charge is 0.253 e. The minimum atomic E-state index is -2.61. The molecule has 2 aliphatic rings. The number of nitrogens with zero attached hydrogens (tertiary/aromatic N) is 6. The first-order chi connectivity index (χ1) is 17.8. The van der Waals surface area contributed by atoms with Gasteiger partial charge in [0.1, 0.15) is 11.8 Å². The molecule has 0 saturated heterocycles. The third-order valence-corrected chi connectivity index (χ3v) is 7.86. The monoisotopic (exact) mass is 528 g/mol. The van der Waals surface area contributed by atoms with Gasteiger partial charge in [-0.1, -0.05) is 11.8 Å². The van der Waals surface area contributed by atoms with Gasteiger partial charge in [-0.25, -0.2) is 33.7 Å². The van der Waals surface area contributed by atoms with Crippen LogP contribution in [0.1, 0.15) is 24.8 Å². The molecule has 1 saturated carbocycles. The van der Waals surface area contributed by atoms with Crippen molar-refractivity contribution in [2.75, 3.05) is 5.32 Å². The SMILES string of the molecule is C[C@@]1(c2cc(Nc3nccc4nc(OCc5ncco5)cnc34)cnc2F)N=C(N)S[C@@]2(C(F)F)C[C@@H]12. The second kappa shape index (κ2) is 8.57. The predicted molar refractivity (Wildman–Crippen MR) is 129 cm³/mol. The van der Waals surface area contributed by atoms with Crippen LogP contribution in [0.4, 0.5) is 24.7 Å². The zero-order chi connectivity index (χ0) is 25.8. The largest absolute Gasteiger partial charge is 0.467 e. The highest BCUT2D eigenvalue weighted by Crippen LogP contribution is 2.68. The van der Waals surface area contributed by atoms with Gasteiger partial charge in [0.2, 0.25) is 17.7 Å². The molecule has 5 heterocycles. The van der Waals surface area contributed by atoms with Gasteiger partial charge in [0.25, 0.3) is 6.43 Å². The molecule has 4 aromatic heterocycles. The summed E-state index contributed by atoms with van der Waals surface area (Å²) in [5.41, 5.74) is 5.98. The highest BCUT2D eigenvalue weighted by molar-refractivity contribution is 8.15. The van der Waals surface area contributed by atoms with Crippen LogP contribution in [0.15, 0.2) is 52.6 Å². The summed E-state index contributed by atoms with van der Waals surface area (Å²) in [6, 6.07) is 3.15. The van der Waals surface area contributed by atoms with E-state index < -0.39 is 28.6 Å². The highest BCUT2D eigenvalue weighted by atomic mass is 32.2. The summed E-state index contributed by atoms with van der Waals surface area (Å²) in [5, 5.41) is 3.08. The zero-order valence-corrected chi connectivity index (χ0v) is 20.0. The molecule has 0 unspecified atom stereocenters. The van der Waals surface area contributed by atoms with Crippen LogP contribution in [0.3, 0.4) is 0 Å². The summed E-state index contributed by atoms with van der Waals surface area (Å²) < 4.78 is 52.0. The Hall–Kier alpha value is -3.94. The van der Waals surface area contributed by atoms with Crippen molar-refractivity contribution in [3.05, 3.63) is 60.6 Å². The minimum Gasteiger partial charge on any atom is -0.467 e. The summed E-state index contributed by atoms with van der Waals surface area (Å²) in [5.74, 6) is -0.388. The minimum absolute atomic E-state index is 0.00107. The first-order valence-electron chi connectivity index (χ1n) is 11.2. The molecule has 0 bridgehead atoms. The number of nitrogens with one attached hydrogen (secondary N) is 1. The second-order valence-electron chi connectivity index (χ2n) is 8.85. The lowest BCUT2D eigenvalue weighted by Crippen LogP contribution is -2.39. The topological polar surface area (TPSA) is 137 Å². The van der Waals surface area contributed by atoms with E-state index in [9.17, 15) is 13.2 Å². The molecule has 3 atom stereocenters. The number of anilines is 2. The van der Waals surface area contributed by atoms with Crippen LogP contribution >= 0.6 is 11.8 Å². The normalized spacial score (nSPS) is 24.6. The fourth-order valence-corrected chi connectivity index (χ4v) is 6.00. The number of hydrogen-bond donors (Lipinski definition) is 2. The molecule has 3 N–H and O–H groups in total. The first kappa shape index (κ1) is 23.5. The Morgan fingerprint density at radius 1 is 1.24 bits per heavy atom. The third kappa shape index (κ3) is 4.00. The molecule has 0 radical (unpaired) electrons. The van der Waals surface area contributed by atoms with E-state index in [0.29, 0.717) is 28.4 Å². The van der Waals surface area contributed by atoms with Crippen LogP contribution in [0, 0.1) is 11.9 Å². The summed E-state index contributed by atoms with van der Waals surface area (Å²) in [6.07, 6.45) is 4.76. The lowest BCUT2D eigenvalue weighted by Gasteiger charge is -2.33. The Morgan fingerprint density at radius 2 is 2.11 bits per heavy atom. The number of hydrogen-bond acceptors (Lipinski definition) is 11. The molecule has 10 nitrogen and oxygen atoms in total. The Kier molecular flexibility index (Phi) is 5.44. The van der Waals surface area contributed by atoms with Crippen molar-refractivity contribution in [2.45, 2.75) is 36.7 Å². The first-order valence-corrected chi connectivity index (χ1v) is 12.0. The number of pyridine rings is 2. The molecule has 0 aromatic carbocycles. The van der Waals surface area contributed by atoms with Gasteiger partial charge in [0.05, 0.1) is 40.1 Å². The van der Waals surface area contributed by atoms with E-state index in [0.717, 1.165) is 11.8 Å². The van der Waals surface area contributed by atoms with E-state index >= 15 is 0 Å². The van der Waals surface area contributed by atoms with E-state index in [1.54, 1.807) is 13.0 Å². The molecule has 37 heavy (non-hydrogen) atoms. The number of oxazole rings is 1. The molecular weight excluding hydrogens is 509 g/mol. The molecular formula is C23H19F3N8O2S. The van der Waals surface area contributed by atoms with E-state index in [1.165, 1.54) is 37.1 Å². The Bertz CT molecular complexity index is 1520. The third-order valence-electron chi connectivity index (χ3n) is 6.55. The van der Waals surface area contributed by atoms with Crippen LogP contribution in [-0.4, -0.2) is 41.3 Å². The summed E-state index contributed by atoms with van der Waals surface area (Å²) in [7, 11) is 0. The fourth-order valence-electron chi connectivity index (χ4n) is 4.66. The maximum absolute atomic E-state index is 14.9. The van der Waals surface area contributed by atoms with Crippen LogP contribution in [0.2, 0.25) is 0 Å². The maximum atomic E-state index is 14.9. The number of nitrogens with two attached hydrogens (primary N) is 1. The van der Waals surface area contributed by atoms with Crippen molar-refractivity contribution in [1.29, 1.82) is 0 Å². The Labute approximate surface area is 212 Å². The van der Waals surface area contributed by atoms with Crippen LogP contribution in [-0.2, 0) is 12.1 Å². The molecule has 14 heteroatoms. The quantitative estimate of drug-likeness (QED) is 0.336. The van der Waals surface area contributed by atoms with E-state index in [2.05, 4.69) is 35.2 Å². The van der Waals surface area contributed by atoms with E-state index in [4.69, 9.17) is 14.9 Å². The molecule has 6 rings (SSSR count). The molecule has 190 valence electrons. The summed E-state index contributed by atoms with van der Waals surface area (Å²) >= 11 is 0.861. The van der Waals surface area contributed by atoms with Crippen molar-refractivity contribution in [3.8, 4) is 5.88 Å². The number of ether oxygens (including phenoxy) is 1. The molecule has 4 aromatic rings. The van der Waals surface area contributed by atoms with Gasteiger partial charge in [-0.3, -0.25) is 4.99 Å². The second-order valence-corrected chi connectivity index (χ2v) is 10.2. The van der Waals surface area contributed by atoms with Gasteiger partial charge in [-0.05, 0) is 25.5 Å². The zero-order valence-electron chi connectivity index (χ0n) is 19.2. The van der Waals surface area contributed by atoms with Crippen LogP contribution in [0.25, 0.3) is 11.0 Å². The van der Waals surface area contributed by atoms with Gasteiger partial charge < -0.3 is 20.2 Å². The molecule has 1 fully saturated rings. The van der Waals surface area contributed by atoms with Gasteiger partial charge in [-0.2, -0.15) is 4.39 Å². The average Bonchev–Trinajstić information content (AvgIpc) is 3.41. The van der Waals surface area contributed by atoms with Gasteiger partial charge in [0.15, 0.2) is 17.6 Å². The van der Waals surface area contributed by atoms with Crippen molar-refractivity contribution in [1.82, 2.24) is 24.9 Å². The van der Waals surface area contributed by atoms with Crippen molar-refractivity contribution < 1.29 is 22.3 Å². The summed E-state index contributed by atoms with van der Waals surface area (Å²) in [4.78, 5) is 25.4. The lowest BCUT2D eigenvalue weighted by atomic mass is 9.86. The Morgan fingerprint density at radius 3 is 2.89 bits per heavy atom. The maximum Gasteiger partial charge on any atom is 0.253 e. The van der Waals surface area contributed by atoms with Crippen LogP contribution < -0.4 is 15.8 Å². The number of fused-ring (bicyclic) bond motifs is 2. The van der Waals surface area contributed by atoms with Gasteiger partial charge >= 0.3 is 0 Å². The summed E-state index contributed by atoms with van der Waals surface area (Å²) in [6.45, 7) is 1.70. The predicted octanol–water partition coefficient (Wildman–Crippen LogP) is 4.17. The molecule has 1 aliphatic carbocycles.